The van der Waals surface area contributed by atoms with Crippen molar-refractivity contribution in [1.29, 1.82) is 0 Å². The van der Waals surface area contributed by atoms with E-state index in [-0.39, 0.29) is 18.4 Å². The molecule has 2 rings (SSSR count). The predicted molar refractivity (Wildman–Crippen MR) is 91.8 cm³/mol. The largest absolute Gasteiger partial charge is 0.337 e. The zero-order valence-corrected chi connectivity index (χ0v) is 14.5. The molecule has 0 N–H and O–H groups in total. The lowest BCUT2D eigenvalue weighted by molar-refractivity contribution is -0.116. The van der Waals surface area contributed by atoms with E-state index in [9.17, 15) is 9.36 Å². The molecule has 0 saturated heterocycles. The second-order valence-corrected chi connectivity index (χ2v) is 7.63. The van der Waals surface area contributed by atoms with E-state index in [1.165, 1.54) is 19.8 Å². The van der Waals surface area contributed by atoms with E-state index in [2.05, 4.69) is 19.1 Å². The third kappa shape index (κ3) is 4.61. The van der Waals surface area contributed by atoms with Crippen molar-refractivity contribution in [1.82, 2.24) is 0 Å². The smallest absolute Gasteiger partial charge is 0.312 e. The Labute approximate surface area is 137 Å². The van der Waals surface area contributed by atoms with Gasteiger partial charge in [-0.15, -0.1) is 0 Å². The maximum atomic E-state index is 12.1. The molecule has 2 aromatic carbocycles. The van der Waals surface area contributed by atoms with Crippen LogP contribution in [-0.4, -0.2) is 26.2 Å². The summed E-state index contributed by atoms with van der Waals surface area (Å²) in [5, 5.41) is 0. The minimum Gasteiger partial charge on any atom is -0.312 e. The number of benzene rings is 2. The first-order valence-electron chi connectivity index (χ1n) is 7.34. The molecule has 0 aliphatic heterocycles. The van der Waals surface area contributed by atoms with Gasteiger partial charge in [-0.1, -0.05) is 48.5 Å². The molecule has 0 fully saturated rings. The third-order valence-electron chi connectivity index (χ3n) is 3.71. The molecule has 23 heavy (non-hydrogen) atoms. The molecule has 0 spiro atoms. The average molecular weight is 332 g/mol. The van der Waals surface area contributed by atoms with Crippen molar-refractivity contribution < 1.29 is 18.4 Å². The number of aryl methyl sites for hydroxylation is 1. The SMILES string of the molecule is COP(=O)(CC(=O)Cc1cccc(-c2ccccc2C)c1)OC. The van der Waals surface area contributed by atoms with Gasteiger partial charge in [-0.05, 0) is 29.2 Å². The van der Waals surface area contributed by atoms with Crippen LogP contribution >= 0.6 is 7.60 Å². The van der Waals surface area contributed by atoms with E-state index >= 15 is 0 Å². The number of hydrogen-bond acceptors (Lipinski definition) is 4. The summed E-state index contributed by atoms with van der Waals surface area (Å²) in [6, 6.07) is 15.9. The number of Topliss-reactive ketones (excluding diaryl/α,β-unsaturated/α-hetero) is 1. The predicted octanol–water partition coefficient (Wildman–Crippen LogP) is 4.26. The Morgan fingerprint density at radius 2 is 1.74 bits per heavy atom. The lowest BCUT2D eigenvalue weighted by Gasteiger charge is -2.13. The summed E-state index contributed by atoms with van der Waals surface area (Å²) < 4.78 is 21.7. The van der Waals surface area contributed by atoms with E-state index in [0.29, 0.717) is 0 Å². The van der Waals surface area contributed by atoms with Gasteiger partial charge >= 0.3 is 7.60 Å². The molecule has 0 radical (unpaired) electrons. The van der Waals surface area contributed by atoms with Crippen LogP contribution in [0.1, 0.15) is 11.1 Å². The molecule has 0 amide bonds. The lowest BCUT2D eigenvalue weighted by atomic mass is 9.98. The van der Waals surface area contributed by atoms with Crippen LogP contribution in [0.15, 0.2) is 48.5 Å². The summed E-state index contributed by atoms with van der Waals surface area (Å²) in [5.41, 5.74) is 4.27. The van der Waals surface area contributed by atoms with Gasteiger partial charge < -0.3 is 9.05 Å². The molecule has 0 aromatic heterocycles. The molecule has 2 aromatic rings. The van der Waals surface area contributed by atoms with Gasteiger partial charge in [-0.25, -0.2) is 0 Å². The molecule has 0 heterocycles. The summed E-state index contributed by atoms with van der Waals surface area (Å²) >= 11 is 0. The molecule has 0 bridgehead atoms. The number of hydrogen-bond donors (Lipinski definition) is 0. The van der Waals surface area contributed by atoms with Crippen molar-refractivity contribution in [3.8, 4) is 11.1 Å². The van der Waals surface area contributed by atoms with E-state index in [0.717, 1.165) is 16.7 Å². The van der Waals surface area contributed by atoms with E-state index in [1.807, 2.05) is 36.4 Å². The molecular weight excluding hydrogens is 311 g/mol. The van der Waals surface area contributed by atoms with Crippen LogP contribution in [0.5, 0.6) is 0 Å². The van der Waals surface area contributed by atoms with Crippen molar-refractivity contribution in [3.05, 3.63) is 59.7 Å². The summed E-state index contributed by atoms with van der Waals surface area (Å²) in [6.07, 6.45) is -0.00891. The van der Waals surface area contributed by atoms with Gasteiger partial charge in [0, 0.05) is 20.6 Å². The van der Waals surface area contributed by atoms with E-state index in [4.69, 9.17) is 9.05 Å². The van der Waals surface area contributed by atoms with Crippen molar-refractivity contribution >= 4 is 13.4 Å². The summed E-state index contributed by atoms with van der Waals surface area (Å²) in [7, 11) is -0.725. The molecular formula is C18H21O4P. The monoisotopic (exact) mass is 332 g/mol. The van der Waals surface area contributed by atoms with Gasteiger partial charge in [0.05, 0.1) is 0 Å². The first-order valence-corrected chi connectivity index (χ1v) is 9.07. The van der Waals surface area contributed by atoms with Gasteiger partial charge in [-0.2, -0.15) is 0 Å². The lowest BCUT2D eigenvalue weighted by Crippen LogP contribution is -2.10. The highest BCUT2D eigenvalue weighted by atomic mass is 31.2. The molecule has 4 nitrogen and oxygen atoms in total. The third-order valence-corrected chi connectivity index (χ3v) is 5.56. The molecule has 0 aliphatic rings. The Morgan fingerprint density at radius 1 is 1.04 bits per heavy atom. The van der Waals surface area contributed by atoms with Crippen molar-refractivity contribution in [3.63, 3.8) is 0 Å². The van der Waals surface area contributed by atoms with Crippen LogP contribution in [0.3, 0.4) is 0 Å². The fourth-order valence-electron chi connectivity index (χ4n) is 2.45. The normalized spacial score (nSPS) is 11.4. The van der Waals surface area contributed by atoms with Gasteiger partial charge in [0.25, 0.3) is 0 Å². The molecule has 0 aliphatic carbocycles. The Bertz CT molecular complexity index is 731. The van der Waals surface area contributed by atoms with Gasteiger partial charge in [0.2, 0.25) is 0 Å². The van der Waals surface area contributed by atoms with Crippen LogP contribution in [0.25, 0.3) is 11.1 Å². The van der Waals surface area contributed by atoms with Gasteiger partial charge in [0.15, 0.2) is 0 Å². The molecule has 5 heteroatoms. The highest BCUT2D eigenvalue weighted by Crippen LogP contribution is 2.46. The average Bonchev–Trinajstić information content (AvgIpc) is 2.55. The molecule has 0 atom stereocenters. The van der Waals surface area contributed by atoms with Crippen molar-refractivity contribution in [2.75, 3.05) is 20.4 Å². The topological polar surface area (TPSA) is 52.6 Å². The van der Waals surface area contributed by atoms with Crippen molar-refractivity contribution in [2.24, 2.45) is 0 Å². The number of ketones is 1. The minimum absolute atomic E-state index is 0.168. The summed E-state index contributed by atoms with van der Waals surface area (Å²) in [5.74, 6) is -0.168. The first kappa shape index (κ1) is 17.6. The standard InChI is InChI=1S/C18H21O4P/c1-14-7-4-5-10-18(14)16-9-6-8-15(11-16)12-17(19)13-23(20,21-2)22-3/h4-11H,12-13H2,1-3H3. The highest BCUT2D eigenvalue weighted by molar-refractivity contribution is 7.54. The molecule has 122 valence electrons. The fraction of sp³-hybridized carbons (Fsp3) is 0.278. The Morgan fingerprint density at radius 3 is 2.39 bits per heavy atom. The summed E-state index contributed by atoms with van der Waals surface area (Å²) in [4.78, 5) is 12.1. The maximum absolute atomic E-state index is 12.1. The second kappa shape index (κ2) is 7.69. The Balaban J connectivity index is 2.16. The zero-order valence-electron chi connectivity index (χ0n) is 13.6. The summed E-state index contributed by atoms with van der Waals surface area (Å²) in [6.45, 7) is 2.06. The van der Waals surface area contributed by atoms with Crippen LogP contribution in [0.4, 0.5) is 0 Å². The van der Waals surface area contributed by atoms with E-state index < -0.39 is 7.60 Å². The fourth-order valence-corrected chi connectivity index (χ4v) is 3.40. The Kier molecular flexibility index (Phi) is 5.89. The number of carbonyl (C=O) groups excluding carboxylic acids is 1. The molecule has 0 saturated carbocycles. The quantitative estimate of drug-likeness (QED) is 0.711. The highest BCUT2D eigenvalue weighted by Gasteiger charge is 2.25. The first-order chi connectivity index (χ1) is 11.0. The number of carbonyl (C=O) groups is 1. The van der Waals surface area contributed by atoms with Crippen LogP contribution < -0.4 is 0 Å². The van der Waals surface area contributed by atoms with Crippen LogP contribution in [-0.2, 0) is 24.8 Å². The molecule has 0 unspecified atom stereocenters. The van der Waals surface area contributed by atoms with Gasteiger partial charge in [0.1, 0.15) is 11.9 Å². The zero-order chi connectivity index (χ0) is 16.9. The minimum atomic E-state index is -3.30. The van der Waals surface area contributed by atoms with E-state index in [1.54, 1.807) is 0 Å². The maximum Gasteiger partial charge on any atom is 0.337 e. The van der Waals surface area contributed by atoms with Gasteiger partial charge in [-0.3, -0.25) is 9.36 Å². The number of rotatable bonds is 7. The second-order valence-electron chi connectivity index (χ2n) is 5.36. The Hall–Kier alpha value is -1.74. The van der Waals surface area contributed by atoms with Crippen LogP contribution in [0, 0.1) is 6.92 Å². The van der Waals surface area contributed by atoms with Crippen LogP contribution in [0.2, 0.25) is 0 Å². The van der Waals surface area contributed by atoms with Crippen molar-refractivity contribution in [2.45, 2.75) is 13.3 Å².